The summed E-state index contributed by atoms with van der Waals surface area (Å²) in [5, 5.41) is 3.98. The average Bonchev–Trinajstić information content (AvgIpc) is 2.60. The molecule has 0 atom stereocenters. The third kappa shape index (κ3) is 2.32. The number of rotatable bonds is 2. The van der Waals surface area contributed by atoms with Gasteiger partial charge in [0.1, 0.15) is 0 Å². The molecule has 0 bridgehead atoms. The molecule has 2 rings (SSSR count). The Bertz CT molecular complexity index is 595. The molecule has 0 unspecified atom stereocenters. The quantitative estimate of drug-likeness (QED) is 0.846. The van der Waals surface area contributed by atoms with Crippen molar-refractivity contribution in [3.63, 3.8) is 0 Å². The van der Waals surface area contributed by atoms with Gasteiger partial charge in [0, 0.05) is 10.7 Å². The van der Waals surface area contributed by atoms with E-state index in [1.54, 1.807) is 6.20 Å². The molecular formula is C9H7Br2N5O. The van der Waals surface area contributed by atoms with Crippen LogP contribution in [0.5, 0.6) is 0 Å². The number of carbonyl (C=O) groups excluding carboxylic acids is 1. The van der Waals surface area contributed by atoms with E-state index in [0.717, 1.165) is 4.47 Å². The second kappa shape index (κ2) is 4.46. The summed E-state index contributed by atoms with van der Waals surface area (Å²) < 4.78 is 2.93. The van der Waals surface area contributed by atoms with E-state index >= 15 is 0 Å². The molecule has 0 fully saturated rings. The van der Waals surface area contributed by atoms with Gasteiger partial charge in [-0.3, -0.25) is 4.79 Å². The fourth-order valence-electron chi connectivity index (χ4n) is 1.26. The molecule has 17 heavy (non-hydrogen) atoms. The zero-order valence-corrected chi connectivity index (χ0v) is 11.6. The smallest absolute Gasteiger partial charge is 0.271 e. The van der Waals surface area contributed by atoms with E-state index in [9.17, 15) is 4.79 Å². The van der Waals surface area contributed by atoms with Crippen LogP contribution in [0.1, 0.15) is 10.5 Å². The molecule has 0 aliphatic heterocycles. The highest BCUT2D eigenvalue weighted by Crippen LogP contribution is 2.23. The lowest BCUT2D eigenvalue weighted by Crippen LogP contribution is -2.14. The van der Waals surface area contributed by atoms with E-state index in [4.69, 9.17) is 11.5 Å². The number of nitrogens with two attached hydrogens (primary N) is 2. The number of halogens is 2. The maximum absolute atomic E-state index is 11.0. The summed E-state index contributed by atoms with van der Waals surface area (Å²) in [7, 11) is 0. The Balaban J connectivity index is 2.53. The molecule has 4 N–H and O–H groups in total. The van der Waals surface area contributed by atoms with Crippen LogP contribution in [0.4, 0.5) is 5.69 Å². The first kappa shape index (κ1) is 12.1. The Morgan fingerprint density at radius 1 is 1.41 bits per heavy atom. The van der Waals surface area contributed by atoms with Crippen molar-refractivity contribution in [3.8, 4) is 5.82 Å². The van der Waals surface area contributed by atoms with Crippen molar-refractivity contribution in [3.05, 3.63) is 33.1 Å². The fourth-order valence-corrected chi connectivity index (χ4v) is 2.43. The van der Waals surface area contributed by atoms with Crippen LogP contribution in [0.25, 0.3) is 5.82 Å². The zero-order valence-electron chi connectivity index (χ0n) is 8.39. The molecule has 0 spiro atoms. The highest BCUT2D eigenvalue weighted by molar-refractivity contribution is 9.11. The summed E-state index contributed by atoms with van der Waals surface area (Å²) in [4.78, 5) is 15.2. The van der Waals surface area contributed by atoms with E-state index < -0.39 is 5.91 Å². The predicted octanol–water partition coefficient (Wildman–Crippen LogP) is 1.47. The summed E-state index contributed by atoms with van der Waals surface area (Å²) >= 11 is 6.64. The third-order valence-corrected chi connectivity index (χ3v) is 3.00. The Morgan fingerprint density at radius 2 is 2.12 bits per heavy atom. The van der Waals surface area contributed by atoms with Crippen molar-refractivity contribution in [2.24, 2.45) is 5.73 Å². The molecule has 2 aromatic rings. The van der Waals surface area contributed by atoms with Gasteiger partial charge in [0.15, 0.2) is 11.5 Å². The Kier molecular flexibility index (Phi) is 3.16. The number of amides is 1. The number of aromatic nitrogens is 3. The number of nitrogen functional groups attached to an aromatic ring is 1. The number of nitrogens with zero attached hydrogens (tertiary/aromatic N) is 3. The highest BCUT2D eigenvalue weighted by atomic mass is 79.9. The van der Waals surface area contributed by atoms with Crippen LogP contribution in [0, 0.1) is 0 Å². The molecular weight excluding hydrogens is 354 g/mol. The first-order chi connectivity index (χ1) is 7.99. The molecule has 0 saturated heterocycles. The number of hydrogen-bond donors (Lipinski definition) is 2. The Labute approximate surface area is 113 Å². The number of primary amides is 1. The second-order valence-corrected chi connectivity index (χ2v) is 4.97. The molecule has 0 radical (unpaired) electrons. The first-order valence-electron chi connectivity index (χ1n) is 4.45. The van der Waals surface area contributed by atoms with Gasteiger partial charge in [-0.1, -0.05) is 0 Å². The van der Waals surface area contributed by atoms with Crippen LogP contribution >= 0.6 is 31.9 Å². The van der Waals surface area contributed by atoms with E-state index in [1.165, 1.54) is 10.9 Å². The molecule has 6 nitrogen and oxygen atoms in total. The Hall–Kier alpha value is -1.41. The molecule has 2 aromatic heterocycles. The van der Waals surface area contributed by atoms with Gasteiger partial charge in [-0.25, -0.2) is 9.67 Å². The molecule has 8 heteroatoms. The maximum atomic E-state index is 11.0. The van der Waals surface area contributed by atoms with Gasteiger partial charge in [-0.15, -0.1) is 0 Å². The molecule has 0 aliphatic rings. The highest BCUT2D eigenvalue weighted by Gasteiger charge is 2.14. The van der Waals surface area contributed by atoms with Crippen molar-refractivity contribution >= 4 is 43.5 Å². The summed E-state index contributed by atoms with van der Waals surface area (Å²) in [5.41, 5.74) is 11.0. The van der Waals surface area contributed by atoms with Gasteiger partial charge >= 0.3 is 0 Å². The van der Waals surface area contributed by atoms with Crippen molar-refractivity contribution in [1.82, 2.24) is 14.8 Å². The molecule has 2 heterocycles. The van der Waals surface area contributed by atoms with Gasteiger partial charge in [-0.2, -0.15) is 5.10 Å². The number of pyridine rings is 1. The molecule has 0 aliphatic carbocycles. The molecule has 1 amide bonds. The second-order valence-electron chi connectivity index (χ2n) is 3.20. The van der Waals surface area contributed by atoms with Gasteiger partial charge in [0.05, 0.1) is 16.4 Å². The van der Waals surface area contributed by atoms with Gasteiger partial charge in [0.25, 0.3) is 5.91 Å². The van der Waals surface area contributed by atoms with E-state index in [1.807, 2.05) is 6.07 Å². The summed E-state index contributed by atoms with van der Waals surface area (Å²) in [6.45, 7) is 0. The minimum Gasteiger partial charge on any atom is -0.396 e. The number of hydrogen-bond acceptors (Lipinski definition) is 4. The van der Waals surface area contributed by atoms with Crippen LogP contribution in [-0.4, -0.2) is 20.7 Å². The van der Waals surface area contributed by atoms with E-state index in [2.05, 4.69) is 41.9 Å². The summed E-state index contributed by atoms with van der Waals surface area (Å²) in [6, 6.07) is 1.81. The molecule has 88 valence electrons. The lowest BCUT2D eigenvalue weighted by molar-refractivity contribution is 0.0996. The Morgan fingerprint density at radius 3 is 2.65 bits per heavy atom. The van der Waals surface area contributed by atoms with Crippen LogP contribution in [0.15, 0.2) is 27.4 Å². The van der Waals surface area contributed by atoms with Crippen molar-refractivity contribution in [1.29, 1.82) is 0 Å². The molecule has 0 saturated carbocycles. The van der Waals surface area contributed by atoms with Crippen molar-refractivity contribution in [2.75, 3.05) is 5.73 Å². The van der Waals surface area contributed by atoms with Crippen LogP contribution in [0.3, 0.4) is 0 Å². The van der Waals surface area contributed by atoms with Gasteiger partial charge < -0.3 is 11.5 Å². The summed E-state index contributed by atoms with van der Waals surface area (Å²) in [5.74, 6) is -0.151. The average molecular weight is 361 g/mol. The lowest BCUT2D eigenvalue weighted by Gasteiger charge is -2.02. The SMILES string of the molecule is NC(=O)c1nn(-c2ncc(Br)cc2Br)cc1N. The normalized spacial score (nSPS) is 10.5. The number of anilines is 1. The van der Waals surface area contributed by atoms with Gasteiger partial charge in [-0.05, 0) is 37.9 Å². The van der Waals surface area contributed by atoms with Crippen molar-refractivity contribution in [2.45, 2.75) is 0 Å². The van der Waals surface area contributed by atoms with Crippen molar-refractivity contribution < 1.29 is 4.79 Å². The number of carbonyl (C=O) groups is 1. The molecule has 0 aromatic carbocycles. The predicted molar refractivity (Wildman–Crippen MR) is 69.7 cm³/mol. The minimum absolute atomic E-state index is 0.0293. The topological polar surface area (TPSA) is 99.8 Å². The monoisotopic (exact) mass is 359 g/mol. The van der Waals surface area contributed by atoms with E-state index in [0.29, 0.717) is 10.3 Å². The largest absolute Gasteiger partial charge is 0.396 e. The summed E-state index contributed by atoms with van der Waals surface area (Å²) in [6.07, 6.45) is 3.10. The zero-order chi connectivity index (χ0) is 12.6. The third-order valence-electron chi connectivity index (χ3n) is 1.98. The van der Waals surface area contributed by atoms with Gasteiger partial charge in [0.2, 0.25) is 0 Å². The van der Waals surface area contributed by atoms with Crippen LogP contribution in [-0.2, 0) is 0 Å². The maximum Gasteiger partial charge on any atom is 0.271 e. The minimum atomic E-state index is -0.672. The van der Waals surface area contributed by atoms with E-state index in [-0.39, 0.29) is 11.4 Å². The lowest BCUT2D eigenvalue weighted by atomic mass is 10.4. The van der Waals surface area contributed by atoms with Crippen LogP contribution in [0.2, 0.25) is 0 Å². The van der Waals surface area contributed by atoms with Crippen LogP contribution < -0.4 is 11.5 Å². The standard InChI is InChI=1S/C9H7Br2N5O/c10-4-1-5(11)9(14-2-4)16-3-6(12)7(15-16)8(13)17/h1-3H,12H2,(H2,13,17). The fraction of sp³-hybridized carbons (Fsp3) is 0. The first-order valence-corrected chi connectivity index (χ1v) is 6.04.